The van der Waals surface area contributed by atoms with E-state index in [1.54, 1.807) is 13.8 Å². The van der Waals surface area contributed by atoms with Gasteiger partial charge in [0.2, 0.25) is 17.1 Å². The summed E-state index contributed by atoms with van der Waals surface area (Å²) in [6.07, 6.45) is 0. The first kappa shape index (κ1) is 185. The van der Waals surface area contributed by atoms with E-state index in [2.05, 4.69) is 24.4 Å². The summed E-state index contributed by atoms with van der Waals surface area (Å²) in [5, 5.41) is 10.5. The number of carbonyl (C=O) groups is 3. The molecule has 0 rings (SSSR count). The number of ketones is 1. The lowest BCUT2D eigenvalue weighted by atomic mass is 10.1. The van der Waals surface area contributed by atoms with Gasteiger partial charge in [0.25, 0.3) is 0 Å². The lowest BCUT2D eigenvalue weighted by molar-refractivity contribution is -0.149. The largest absolute Gasteiger partial charge is 0.412 e. The molecule has 0 saturated carbocycles. The summed E-state index contributed by atoms with van der Waals surface area (Å²) in [5.74, 6) is -0.412. The van der Waals surface area contributed by atoms with Gasteiger partial charge in [-0.05, 0) is 33.7 Å². The minimum absolute atomic E-state index is 0. The molecule has 0 amide bonds. The van der Waals surface area contributed by atoms with Gasteiger partial charge in [0, 0.05) is 113 Å². The number of ether oxygens (including phenoxy) is 1. The Kier molecular flexibility index (Phi) is 478. The van der Waals surface area contributed by atoms with Crippen molar-refractivity contribution in [1.82, 2.24) is 6.15 Å². The highest BCUT2D eigenvalue weighted by Gasteiger charge is 2.11. The van der Waals surface area contributed by atoms with Crippen LogP contribution in [0, 0.1) is 19.7 Å². The van der Waals surface area contributed by atoms with Crippen LogP contribution in [0.2, 0.25) is 0 Å². The summed E-state index contributed by atoms with van der Waals surface area (Å²) in [5.41, 5.74) is 5.46. The lowest BCUT2D eigenvalue weighted by Gasteiger charge is -1.97. The van der Waals surface area contributed by atoms with Crippen LogP contribution in [-0.2, 0) is 19.1 Å². The van der Waals surface area contributed by atoms with E-state index in [4.69, 9.17) is 30.7 Å². The van der Waals surface area contributed by atoms with Crippen molar-refractivity contribution >= 4 is 74.4 Å². The molecule has 0 unspecified atom stereocenters. The van der Waals surface area contributed by atoms with Crippen LogP contribution in [0.3, 0.4) is 0 Å². The van der Waals surface area contributed by atoms with Crippen molar-refractivity contribution in [2.24, 2.45) is 10.9 Å². The summed E-state index contributed by atoms with van der Waals surface area (Å²) < 4.78 is 3.72. The SMILES string of the molecule is C.C.C.C.C.C.C.C.C.CC.CC(=O)OC=O.CC(C)=NO.CC(C)=O.CC(C)N.N.O.[B].[B].[B].[B].[B].[B].[C-]#[N+]C(C)(C)C.[C-]#[N+]C(C)(C)C.[C-]#[N+]C(C)C. The fraction of sp³-hybridized carbons (Fsp3) is 0.811. The molecule has 0 aliphatic rings. The lowest BCUT2D eigenvalue weighted by Crippen LogP contribution is -2.06. The molecule has 18 heteroatoms. The first-order valence-corrected chi connectivity index (χ1v) is 12.0. The van der Waals surface area contributed by atoms with Gasteiger partial charge in [-0.15, -0.1) is 0 Å². The van der Waals surface area contributed by atoms with Gasteiger partial charge in [-0.1, -0.05) is 99.7 Å². The van der Waals surface area contributed by atoms with E-state index < -0.39 is 5.97 Å². The highest BCUT2D eigenvalue weighted by atomic mass is 16.6. The molecular formula is C37H98B6N6O6. The number of hydrogen-bond acceptors (Lipinski definition) is 8. The molecule has 0 saturated heterocycles. The molecule has 0 aliphatic carbocycles. The number of nitrogens with zero attached hydrogens (tertiary/aromatic N) is 4. The van der Waals surface area contributed by atoms with E-state index in [0.717, 1.165) is 6.92 Å². The first-order valence-electron chi connectivity index (χ1n) is 12.0. The van der Waals surface area contributed by atoms with Gasteiger partial charge < -0.3 is 46.6 Å². The van der Waals surface area contributed by atoms with Crippen molar-refractivity contribution in [2.45, 2.75) is 208 Å². The third-order valence-corrected chi connectivity index (χ3v) is 1.34. The molecule has 0 aromatic heterocycles. The van der Waals surface area contributed by atoms with E-state index in [1.807, 2.05) is 83.1 Å². The summed E-state index contributed by atoms with van der Waals surface area (Å²) >= 11 is 0. The second-order valence-electron chi connectivity index (χ2n) is 9.69. The van der Waals surface area contributed by atoms with Crippen molar-refractivity contribution in [3.8, 4) is 0 Å². The maximum atomic E-state index is 9.59. The monoisotopic (exact) mass is 789 g/mol. The van der Waals surface area contributed by atoms with E-state index in [-0.39, 0.29) is 158 Å². The van der Waals surface area contributed by atoms with Crippen LogP contribution in [0.25, 0.3) is 14.5 Å². The normalized spacial score (nSPS) is 5.55. The Morgan fingerprint density at radius 3 is 0.764 bits per heavy atom. The smallest absolute Gasteiger partial charge is 0.310 e. The number of esters is 1. The third-order valence-electron chi connectivity index (χ3n) is 1.34. The number of hydrogen-bond donors (Lipinski definition) is 3. The van der Waals surface area contributed by atoms with Gasteiger partial charge in [0.1, 0.15) is 5.78 Å². The second kappa shape index (κ2) is 142. The molecule has 0 fully saturated rings. The molecule has 18 radical (unpaired) electrons. The van der Waals surface area contributed by atoms with Crippen molar-refractivity contribution < 1.29 is 29.8 Å². The molecule has 0 aliphatic heterocycles. The van der Waals surface area contributed by atoms with Crippen molar-refractivity contribution in [3.63, 3.8) is 0 Å². The Labute approximate surface area is 362 Å². The van der Waals surface area contributed by atoms with Crippen LogP contribution in [0.5, 0.6) is 0 Å². The fourth-order valence-electron chi connectivity index (χ4n) is 0.0678. The maximum Gasteiger partial charge on any atom is 0.310 e. The highest BCUT2D eigenvalue weighted by molar-refractivity contribution is 5.78. The molecular weight excluding hydrogens is 689 g/mol. The Hall–Kier alpha value is -2.98. The molecule has 55 heavy (non-hydrogen) atoms. The first-order chi connectivity index (χ1) is 16.9. The molecule has 0 bridgehead atoms. The predicted molar refractivity (Wildman–Crippen MR) is 264 cm³/mol. The van der Waals surface area contributed by atoms with Crippen LogP contribution in [0.4, 0.5) is 0 Å². The Morgan fingerprint density at radius 2 is 0.764 bits per heavy atom. The van der Waals surface area contributed by atoms with Gasteiger partial charge in [-0.25, -0.2) is 19.7 Å². The van der Waals surface area contributed by atoms with Crippen LogP contribution < -0.4 is 11.9 Å². The zero-order valence-electron chi connectivity index (χ0n) is 31.8. The Morgan fingerprint density at radius 1 is 0.655 bits per heavy atom. The standard InChI is InChI=1S/2C5H9N.C4H7N.C3H7NO.C3H9N.C3H4O3.C3H6O.C2H6.9CH4.6B.H3N.H2O/c2*1-5(2,3)6-4;1-4(2)5-3;1-3(2)4-5;1-3(2)4;1-3(5)6-2-4;1-3(2)4;1-2;;;;;;;;;;;;;;;;;/h2*1-3H3;4H,1-2H3;5H,1-2H3;3H,4H2,1-2H3;2H,1H3;1-2H3;1-2H3;9*1H4;;;;;;;1H3;1H2. The average molecular weight is 788 g/mol. The summed E-state index contributed by atoms with van der Waals surface area (Å²) in [4.78, 5) is 37.9. The molecule has 8 N–H and O–H groups in total. The molecule has 0 aromatic rings. The van der Waals surface area contributed by atoms with E-state index >= 15 is 0 Å². The van der Waals surface area contributed by atoms with E-state index in [0.29, 0.717) is 11.8 Å². The minimum Gasteiger partial charge on any atom is -0.412 e. The number of nitrogens with two attached hydrogens (primary N) is 1. The Bertz CT molecular complexity index is 685. The number of rotatable bonds is 1. The molecule has 12 nitrogen and oxygen atoms in total. The number of Topliss-reactive ketones (excluding diaryl/α,β-unsaturated/α-hetero) is 1. The zero-order chi connectivity index (χ0) is 33.1. The molecule has 0 heterocycles. The van der Waals surface area contributed by atoms with Crippen molar-refractivity contribution in [2.75, 3.05) is 0 Å². The van der Waals surface area contributed by atoms with Gasteiger partial charge >= 0.3 is 12.4 Å². The van der Waals surface area contributed by atoms with Gasteiger partial charge in [-0.3, -0.25) is 9.59 Å². The number of oxime groups is 1. The fourth-order valence-corrected chi connectivity index (χ4v) is 0.0678. The summed E-state index contributed by atoms with van der Waals surface area (Å²) in [7, 11) is 0. The van der Waals surface area contributed by atoms with E-state index in [1.165, 1.54) is 13.8 Å². The molecule has 0 spiro atoms. The molecule has 330 valence electrons. The van der Waals surface area contributed by atoms with Crippen molar-refractivity contribution in [3.05, 3.63) is 34.3 Å². The quantitative estimate of drug-likeness (QED) is 0.0343. The third kappa shape index (κ3) is 1220. The van der Waals surface area contributed by atoms with Crippen LogP contribution in [0.1, 0.15) is 185 Å². The van der Waals surface area contributed by atoms with Crippen molar-refractivity contribution in [1.29, 1.82) is 0 Å². The van der Waals surface area contributed by atoms with Crippen LogP contribution in [-0.4, -0.2) is 108 Å². The van der Waals surface area contributed by atoms with Crippen LogP contribution >= 0.6 is 0 Å². The number of carbonyl (C=O) groups excluding carboxylic acids is 3. The average Bonchev–Trinajstić information content (AvgIpc) is 2.75. The molecule has 0 aromatic carbocycles. The van der Waals surface area contributed by atoms with Gasteiger partial charge in [0.05, 0.1) is 5.71 Å². The summed E-state index contributed by atoms with van der Waals surface area (Å²) in [6.45, 7) is 50.0. The van der Waals surface area contributed by atoms with Gasteiger partial charge in [0.15, 0.2) is 0 Å². The van der Waals surface area contributed by atoms with Crippen LogP contribution in [0.15, 0.2) is 5.16 Å². The van der Waals surface area contributed by atoms with E-state index in [9.17, 15) is 14.4 Å². The zero-order valence-corrected chi connectivity index (χ0v) is 31.8. The highest BCUT2D eigenvalue weighted by Crippen LogP contribution is 2.03. The maximum absolute atomic E-state index is 9.59. The minimum atomic E-state index is -0.579. The topological polar surface area (TPSA) is 199 Å². The predicted octanol–water partition coefficient (Wildman–Crippen LogP) is 10.0. The van der Waals surface area contributed by atoms with Gasteiger partial charge in [-0.2, -0.15) is 0 Å². The second-order valence-corrected chi connectivity index (χ2v) is 9.69. The summed E-state index contributed by atoms with van der Waals surface area (Å²) in [6, 6.07) is 0.509. The Balaban J connectivity index is -0.00000000786. The molecule has 0 atom stereocenters.